The summed E-state index contributed by atoms with van der Waals surface area (Å²) >= 11 is 0. The topological polar surface area (TPSA) is 89.5 Å². The third-order valence-electron chi connectivity index (χ3n) is 2.68. The SMILES string of the molecule is C=C(C)C(=O)OCCOCCOCCOCCOCCC(=O)OCC. The lowest BCUT2D eigenvalue weighted by molar-refractivity contribution is -0.144. The van der Waals surface area contributed by atoms with Gasteiger partial charge in [-0.3, -0.25) is 4.79 Å². The average molecular weight is 362 g/mol. The van der Waals surface area contributed by atoms with Crippen LogP contribution >= 0.6 is 0 Å². The molecule has 0 aromatic carbocycles. The number of ether oxygens (including phenoxy) is 6. The van der Waals surface area contributed by atoms with Gasteiger partial charge in [0.25, 0.3) is 0 Å². The minimum absolute atomic E-state index is 0.199. The molecule has 0 amide bonds. The molecule has 0 radical (unpaired) electrons. The second-order valence-corrected chi connectivity index (χ2v) is 4.92. The summed E-state index contributed by atoms with van der Waals surface area (Å²) in [6, 6.07) is 0. The lowest BCUT2D eigenvalue weighted by Crippen LogP contribution is -2.15. The van der Waals surface area contributed by atoms with Crippen LogP contribution in [0.4, 0.5) is 0 Å². The number of hydrogen-bond donors (Lipinski definition) is 0. The van der Waals surface area contributed by atoms with E-state index in [0.717, 1.165) is 0 Å². The van der Waals surface area contributed by atoms with E-state index in [0.29, 0.717) is 65.0 Å². The molecule has 0 spiro atoms. The summed E-state index contributed by atoms with van der Waals surface area (Å²) < 4.78 is 30.7. The lowest BCUT2D eigenvalue weighted by atomic mass is 10.4. The molecule has 0 unspecified atom stereocenters. The van der Waals surface area contributed by atoms with Gasteiger partial charge in [-0.25, -0.2) is 4.79 Å². The van der Waals surface area contributed by atoms with Gasteiger partial charge in [-0.05, 0) is 13.8 Å². The zero-order chi connectivity index (χ0) is 18.8. The zero-order valence-electron chi connectivity index (χ0n) is 15.3. The molecule has 8 nitrogen and oxygen atoms in total. The molecule has 25 heavy (non-hydrogen) atoms. The number of carbonyl (C=O) groups is 2. The summed E-state index contributed by atoms with van der Waals surface area (Å²) in [6.45, 7) is 10.7. The fourth-order valence-electron chi connectivity index (χ4n) is 1.47. The molecule has 0 saturated carbocycles. The van der Waals surface area contributed by atoms with E-state index in [1.165, 1.54) is 0 Å². The summed E-state index contributed by atoms with van der Waals surface area (Å²) in [6.07, 6.45) is 0.253. The molecule has 0 rings (SSSR count). The van der Waals surface area contributed by atoms with Crippen molar-refractivity contribution < 1.29 is 38.0 Å². The minimum atomic E-state index is -0.415. The Morgan fingerprint density at radius 2 is 1.16 bits per heavy atom. The summed E-state index contributed by atoms with van der Waals surface area (Å²) in [4.78, 5) is 22.1. The zero-order valence-corrected chi connectivity index (χ0v) is 15.3. The third-order valence-corrected chi connectivity index (χ3v) is 2.68. The molecule has 0 aromatic rings. The Balaban J connectivity index is 3.13. The highest BCUT2D eigenvalue weighted by molar-refractivity contribution is 5.86. The molecule has 0 bridgehead atoms. The fourth-order valence-corrected chi connectivity index (χ4v) is 1.47. The number of hydrogen-bond acceptors (Lipinski definition) is 8. The van der Waals surface area contributed by atoms with E-state index in [1.54, 1.807) is 13.8 Å². The first-order chi connectivity index (χ1) is 12.1. The van der Waals surface area contributed by atoms with Crippen molar-refractivity contribution in [3.8, 4) is 0 Å². The van der Waals surface area contributed by atoms with E-state index in [4.69, 9.17) is 28.4 Å². The Bertz CT molecular complexity index is 370. The number of carbonyl (C=O) groups excluding carboxylic acids is 2. The standard InChI is InChI=1S/C17H30O8/c1-4-24-16(18)5-6-20-7-8-21-9-10-22-11-12-23-13-14-25-17(19)15(2)3/h2,4-14H2,1,3H3. The van der Waals surface area contributed by atoms with Crippen LogP contribution in [-0.4, -0.2) is 78.0 Å². The lowest BCUT2D eigenvalue weighted by Gasteiger charge is -2.08. The molecule has 0 aromatic heterocycles. The Hall–Kier alpha value is -1.48. The molecule has 0 aliphatic heterocycles. The molecular formula is C17H30O8. The van der Waals surface area contributed by atoms with Crippen LogP contribution in [0.5, 0.6) is 0 Å². The maximum absolute atomic E-state index is 11.1. The van der Waals surface area contributed by atoms with Gasteiger partial charge in [-0.15, -0.1) is 0 Å². The van der Waals surface area contributed by atoms with Crippen molar-refractivity contribution >= 4 is 11.9 Å². The maximum atomic E-state index is 11.1. The van der Waals surface area contributed by atoms with Gasteiger partial charge in [-0.2, -0.15) is 0 Å². The van der Waals surface area contributed by atoms with Crippen molar-refractivity contribution in [2.24, 2.45) is 0 Å². The Kier molecular flexibility index (Phi) is 16.3. The van der Waals surface area contributed by atoms with Crippen LogP contribution in [0.2, 0.25) is 0 Å². The predicted octanol–water partition coefficient (Wildman–Crippen LogP) is 1.13. The summed E-state index contributed by atoms with van der Waals surface area (Å²) in [5.74, 6) is -0.671. The van der Waals surface area contributed by atoms with Crippen LogP contribution in [-0.2, 0) is 38.0 Å². The first-order valence-electron chi connectivity index (χ1n) is 8.37. The molecule has 146 valence electrons. The van der Waals surface area contributed by atoms with E-state index in [2.05, 4.69) is 6.58 Å². The summed E-state index contributed by atoms with van der Waals surface area (Å²) in [5, 5.41) is 0. The van der Waals surface area contributed by atoms with Crippen LogP contribution in [0, 0.1) is 0 Å². The summed E-state index contributed by atoms with van der Waals surface area (Å²) in [5.41, 5.74) is 0.368. The second kappa shape index (κ2) is 17.3. The molecule has 0 N–H and O–H groups in total. The first-order valence-corrected chi connectivity index (χ1v) is 8.37. The Morgan fingerprint density at radius 3 is 1.60 bits per heavy atom. The minimum Gasteiger partial charge on any atom is -0.466 e. The Morgan fingerprint density at radius 1 is 0.720 bits per heavy atom. The van der Waals surface area contributed by atoms with Gasteiger partial charge in [0.05, 0.1) is 65.9 Å². The first kappa shape index (κ1) is 23.5. The van der Waals surface area contributed by atoms with E-state index in [9.17, 15) is 9.59 Å². The van der Waals surface area contributed by atoms with Crippen molar-refractivity contribution in [3.63, 3.8) is 0 Å². The molecular weight excluding hydrogens is 332 g/mol. The molecule has 8 heteroatoms. The normalized spacial score (nSPS) is 10.5. The van der Waals surface area contributed by atoms with Gasteiger partial charge >= 0.3 is 11.9 Å². The molecule has 0 aliphatic carbocycles. The summed E-state index contributed by atoms with van der Waals surface area (Å²) in [7, 11) is 0. The maximum Gasteiger partial charge on any atom is 0.333 e. The Labute approximate surface area is 149 Å². The fraction of sp³-hybridized carbons (Fsp3) is 0.765. The number of rotatable bonds is 17. The van der Waals surface area contributed by atoms with Crippen molar-refractivity contribution in [3.05, 3.63) is 12.2 Å². The number of esters is 2. The predicted molar refractivity (Wildman–Crippen MR) is 90.3 cm³/mol. The van der Waals surface area contributed by atoms with Gasteiger partial charge in [0.1, 0.15) is 6.61 Å². The molecule has 0 saturated heterocycles. The molecule has 0 heterocycles. The van der Waals surface area contributed by atoms with E-state index >= 15 is 0 Å². The van der Waals surface area contributed by atoms with Crippen molar-refractivity contribution in [1.29, 1.82) is 0 Å². The quantitative estimate of drug-likeness (QED) is 0.216. The highest BCUT2D eigenvalue weighted by Crippen LogP contribution is 1.92. The highest BCUT2D eigenvalue weighted by atomic mass is 16.6. The van der Waals surface area contributed by atoms with Gasteiger partial charge in [0.2, 0.25) is 0 Å². The smallest absolute Gasteiger partial charge is 0.333 e. The molecule has 0 fully saturated rings. The van der Waals surface area contributed by atoms with Gasteiger partial charge in [0.15, 0.2) is 0 Å². The van der Waals surface area contributed by atoms with Crippen LogP contribution in [0.1, 0.15) is 20.3 Å². The third kappa shape index (κ3) is 17.1. The second-order valence-electron chi connectivity index (χ2n) is 4.92. The van der Waals surface area contributed by atoms with E-state index < -0.39 is 5.97 Å². The van der Waals surface area contributed by atoms with Crippen molar-refractivity contribution in [1.82, 2.24) is 0 Å². The van der Waals surface area contributed by atoms with Crippen LogP contribution in [0.3, 0.4) is 0 Å². The van der Waals surface area contributed by atoms with Crippen molar-refractivity contribution in [2.75, 3.05) is 66.1 Å². The molecule has 0 atom stereocenters. The van der Waals surface area contributed by atoms with Gasteiger partial charge < -0.3 is 28.4 Å². The van der Waals surface area contributed by atoms with Crippen LogP contribution in [0.25, 0.3) is 0 Å². The van der Waals surface area contributed by atoms with Crippen LogP contribution < -0.4 is 0 Å². The molecule has 0 aliphatic rings. The largest absolute Gasteiger partial charge is 0.466 e. The van der Waals surface area contributed by atoms with Gasteiger partial charge in [-0.1, -0.05) is 6.58 Å². The van der Waals surface area contributed by atoms with Gasteiger partial charge in [0, 0.05) is 5.57 Å². The monoisotopic (exact) mass is 362 g/mol. The van der Waals surface area contributed by atoms with E-state index in [-0.39, 0.29) is 19.0 Å². The van der Waals surface area contributed by atoms with Crippen molar-refractivity contribution in [2.45, 2.75) is 20.3 Å². The van der Waals surface area contributed by atoms with Crippen LogP contribution in [0.15, 0.2) is 12.2 Å². The highest BCUT2D eigenvalue weighted by Gasteiger charge is 2.02. The average Bonchev–Trinajstić information content (AvgIpc) is 2.58. The van der Waals surface area contributed by atoms with E-state index in [1.807, 2.05) is 0 Å².